The average molecular weight is 440 g/mol. The molecule has 162 valence electrons. The minimum atomic E-state index is -4.77. The van der Waals surface area contributed by atoms with Gasteiger partial charge >= 0.3 is 6.18 Å². The molecule has 0 aliphatic heterocycles. The van der Waals surface area contributed by atoms with Crippen molar-refractivity contribution in [3.63, 3.8) is 0 Å². The molecule has 0 saturated carbocycles. The summed E-state index contributed by atoms with van der Waals surface area (Å²) < 4.78 is 51.1. The van der Waals surface area contributed by atoms with Crippen molar-refractivity contribution in [2.24, 2.45) is 0 Å². The lowest BCUT2D eigenvalue weighted by molar-refractivity contribution is -0.136. The zero-order valence-corrected chi connectivity index (χ0v) is 16.3. The van der Waals surface area contributed by atoms with Gasteiger partial charge in [-0.3, -0.25) is 9.59 Å². The Labute approximate surface area is 179 Å². The summed E-state index contributed by atoms with van der Waals surface area (Å²) in [6.07, 6.45) is -1.06. The number of hydrogen-bond donors (Lipinski definition) is 2. The summed E-state index contributed by atoms with van der Waals surface area (Å²) in [5.74, 6) is -1.14. The van der Waals surface area contributed by atoms with Gasteiger partial charge < -0.3 is 19.5 Å². The molecule has 4 aromatic rings. The minimum Gasteiger partial charge on any atom is -0.459 e. The van der Waals surface area contributed by atoms with Gasteiger partial charge in [-0.25, -0.2) is 0 Å². The quantitative estimate of drug-likeness (QED) is 0.376. The lowest BCUT2D eigenvalue weighted by Gasteiger charge is -2.15. The monoisotopic (exact) mass is 440 g/mol. The maximum atomic E-state index is 13.5. The zero-order chi connectivity index (χ0) is 22.7. The van der Waals surface area contributed by atoms with Crippen LogP contribution in [-0.2, 0) is 11.0 Å². The first-order valence-electron chi connectivity index (χ1n) is 9.33. The zero-order valence-electron chi connectivity index (χ0n) is 16.3. The van der Waals surface area contributed by atoms with Crippen molar-refractivity contribution in [2.75, 3.05) is 10.6 Å². The molecule has 0 saturated heterocycles. The van der Waals surface area contributed by atoms with Crippen LogP contribution in [0.15, 0.2) is 81.8 Å². The van der Waals surface area contributed by atoms with Crippen LogP contribution in [0.3, 0.4) is 0 Å². The van der Waals surface area contributed by atoms with Crippen molar-refractivity contribution in [3.8, 4) is 0 Å². The lowest BCUT2D eigenvalue weighted by Crippen LogP contribution is -2.16. The molecule has 0 bridgehead atoms. The third-order valence-electron chi connectivity index (χ3n) is 4.43. The van der Waals surface area contributed by atoms with Crippen LogP contribution >= 0.6 is 0 Å². The number of nitrogens with one attached hydrogen (secondary N) is 2. The molecule has 0 unspecified atom stereocenters. The third kappa shape index (κ3) is 4.72. The maximum absolute atomic E-state index is 13.5. The standard InChI is InChI=1S/C23H15F3N2O4/c24-23(25,26)17-13-15(27-22(30)20-6-3-11-31-20)7-9-18(17)28-21(29)10-8-16-12-14-4-1-2-5-19(14)32-16/h1-13H,(H,27,30)(H,28,29)/b10-8+. The second kappa shape index (κ2) is 8.46. The summed E-state index contributed by atoms with van der Waals surface area (Å²) in [5.41, 5.74) is -1.04. The van der Waals surface area contributed by atoms with E-state index in [-0.39, 0.29) is 11.4 Å². The number of furan rings is 2. The Hall–Kier alpha value is -4.27. The molecule has 4 rings (SSSR count). The van der Waals surface area contributed by atoms with Gasteiger partial charge in [-0.2, -0.15) is 13.2 Å². The summed E-state index contributed by atoms with van der Waals surface area (Å²) in [5, 5.41) is 5.37. The second-order valence-corrected chi connectivity index (χ2v) is 6.70. The Morgan fingerprint density at radius 1 is 0.938 bits per heavy atom. The van der Waals surface area contributed by atoms with Gasteiger partial charge in [-0.1, -0.05) is 18.2 Å². The number of hydrogen-bond acceptors (Lipinski definition) is 4. The van der Waals surface area contributed by atoms with E-state index in [1.807, 2.05) is 12.1 Å². The maximum Gasteiger partial charge on any atom is 0.418 e. The van der Waals surface area contributed by atoms with E-state index in [0.29, 0.717) is 11.3 Å². The molecular formula is C23H15F3N2O4. The molecular weight excluding hydrogens is 425 g/mol. The Balaban J connectivity index is 1.51. The van der Waals surface area contributed by atoms with Crippen molar-refractivity contribution >= 4 is 40.2 Å². The normalized spacial score (nSPS) is 11.7. The summed E-state index contributed by atoms with van der Waals surface area (Å²) >= 11 is 0. The molecule has 0 fully saturated rings. The number of alkyl halides is 3. The minimum absolute atomic E-state index is 0.0494. The molecule has 2 amide bonds. The van der Waals surface area contributed by atoms with Crippen molar-refractivity contribution < 1.29 is 31.6 Å². The van der Waals surface area contributed by atoms with E-state index in [0.717, 1.165) is 23.6 Å². The fourth-order valence-corrected chi connectivity index (χ4v) is 2.98. The van der Waals surface area contributed by atoms with Gasteiger partial charge in [-0.15, -0.1) is 0 Å². The molecule has 0 aliphatic rings. The summed E-state index contributed by atoms with van der Waals surface area (Å²) in [4.78, 5) is 24.2. The van der Waals surface area contributed by atoms with Crippen molar-refractivity contribution in [1.29, 1.82) is 0 Å². The van der Waals surface area contributed by atoms with Gasteiger partial charge in [-0.05, 0) is 48.5 Å². The number of benzene rings is 2. The highest BCUT2D eigenvalue weighted by Gasteiger charge is 2.34. The molecule has 9 heteroatoms. The summed E-state index contributed by atoms with van der Waals surface area (Å²) in [6, 6.07) is 14.8. The first-order chi connectivity index (χ1) is 15.3. The van der Waals surface area contributed by atoms with Crippen LogP contribution in [0, 0.1) is 0 Å². The predicted octanol–water partition coefficient (Wildman–Crippen LogP) is 5.95. The molecule has 2 N–H and O–H groups in total. The van der Waals surface area contributed by atoms with Crippen molar-refractivity contribution in [1.82, 2.24) is 0 Å². The smallest absolute Gasteiger partial charge is 0.418 e. The van der Waals surface area contributed by atoms with Crippen LogP contribution in [0.5, 0.6) is 0 Å². The van der Waals surface area contributed by atoms with Gasteiger partial charge in [0.05, 0.1) is 17.5 Å². The number of fused-ring (bicyclic) bond motifs is 1. The van der Waals surface area contributed by atoms with Gasteiger partial charge in [0.25, 0.3) is 5.91 Å². The Kier molecular flexibility index (Phi) is 5.55. The molecule has 0 spiro atoms. The van der Waals surface area contributed by atoms with E-state index >= 15 is 0 Å². The van der Waals surface area contributed by atoms with E-state index in [1.165, 1.54) is 30.5 Å². The van der Waals surface area contributed by atoms with Gasteiger partial charge in [0.15, 0.2) is 5.76 Å². The lowest BCUT2D eigenvalue weighted by atomic mass is 10.1. The Morgan fingerprint density at radius 3 is 2.47 bits per heavy atom. The SMILES string of the molecule is O=C(/C=C/c1cc2ccccc2o1)Nc1ccc(NC(=O)c2ccco2)cc1C(F)(F)F. The van der Waals surface area contributed by atoms with E-state index in [1.54, 1.807) is 18.2 Å². The first-order valence-corrected chi connectivity index (χ1v) is 9.33. The van der Waals surface area contributed by atoms with Crippen LogP contribution in [-0.4, -0.2) is 11.8 Å². The van der Waals surface area contributed by atoms with E-state index in [2.05, 4.69) is 10.6 Å². The van der Waals surface area contributed by atoms with Gasteiger partial charge in [0, 0.05) is 17.1 Å². The Bertz CT molecular complexity index is 1270. The molecule has 2 aromatic heterocycles. The number of carbonyl (C=O) groups is 2. The molecule has 6 nitrogen and oxygen atoms in total. The molecule has 0 atom stereocenters. The molecule has 2 aromatic carbocycles. The van der Waals surface area contributed by atoms with Gasteiger partial charge in [0.1, 0.15) is 11.3 Å². The predicted molar refractivity (Wildman–Crippen MR) is 112 cm³/mol. The van der Waals surface area contributed by atoms with Crippen molar-refractivity contribution in [2.45, 2.75) is 6.18 Å². The number of halogens is 3. The highest BCUT2D eigenvalue weighted by Crippen LogP contribution is 2.36. The van der Waals surface area contributed by atoms with Crippen LogP contribution in [0.4, 0.5) is 24.5 Å². The molecule has 2 heterocycles. The largest absolute Gasteiger partial charge is 0.459 e. The molecule has 32 heavy (non-hydrogen) atoms. The second-order valence-electron chi connectivity index (χ2n) is 6.70. The Morgan fingerprint density at radius 2 is 1.75 bits per heavy atom. The average Bonchev–Trinajstić information content (AvgIpc) is 3.42. The molecule has 0 radical (unpaired) electrons. The fraction of sp³-hybridized carbons (Fsp3) is 0.0435. The topological polar surface area (TPSA) is 84.5 Å². The van der Waals surface area contributed by atoms with Crippen LogP contribution in [0.1, 0.15) is 21.9 Å². The number of rotatable bonds is 5. The van der Waals surface area contributed by atoms with E-state index in [4.69, 9.17) is 8.83 Å². The number of para-hydroxylation sites is 1. The highest BCUT2D eigenvalue weighted by atomic mass is 19.4. The van der Waals surface area contributed by atoms with E-state index in [9.17, 15) is 22.8 Å². The van der Waals surface area contributed by atoms with Gasteiger partial charge in [0.2, 0.25) is 5.91 Å². The highest BCUT2D eigenvalue weighted by molar-refractivity contribution is 6.04. The van der Waals surface area contributed by atoms with E-state index < -0.39 is 29.2 Å². The summed E-state index contributed by atoms with van der Waals surface area (Å²) in [7, 11) is 0. The number of amides is 2. The number of anilines is 2. The number of carbonyl (C=O) groups excluding carboxylic acids is 2. The van der Waals surface area contributed by atoms with Crippen molar-refractivity contribution in [3.05, 3.63) is 90.1 Å². The van der Waals surface area contributed by atoms with Crippen LogP contribution in [0.2, 0.25) is 0 Å². The summed E-state index contributed by atoms with van der Waals surface area (Å²) in [6.45, 7) is 0. The fourth-order valence-electron chi connectivity index (χ4n) is 2.98. The van der Waals surface area contributed by atoms with Crippen LogP contribution < -0.4 is 10.6 Å². The molecule has 0 aliphatic carbocycles. The van der Waals surface area contributed by atoms with Crippen LogP contribution in [0.25, 0.3) is 17.0 Å². The third-order valence-corrected chi connectivity index (χ3v) is 4.43. The first kappa shape index (κ1) is 21.0.